The molecule has 2 heterocycles. The molecule has 4 atom stereocenters. The highest BCUT2D eigenvalue weighted by molar-refractivity contribution is 5.89. The zero-order valence-electron chi connectivity index (χ0n) is 10.8. The average Bonchev–Trinajstić information content (AvgIpc) is 2.51. The Morgan fingerprint density at radius 3 is 2.94 bits per heavy atom. The molecule has 1 saturated heterocycles. The van der Waals surface area contributed by atoms with Crippen molar-refractivity contribution < 1.29 is 22.8 Å². The maximum Gasteiger partial charge on any atom is 0.223 e. The number of ether oxygens (including phenoxy) is 1. The molecular weight excluding hydrogens is 228 g/mol. The number of nitrogens with zero attached hydrogens (tertiary/aromatic N) is 3. The second kappa shape index (κ2) is 4.41. The van der Waals surface area contributed by atoms with E-state index in [-0.39, 0.29) is 11.8 Å². The van der Waals surface area contributed by atoms with E-state index in [9.17, 15) is 10.2 Å². The second-order valence-electron chi connectivity index (χ2n) is 3.55. The molecule has 17 heavy (non-hydrogen) atoms. The zero-order chi connectivity index (χ0) is 14.4. The van der Waals surface area contributed by atoms with E-state index in [1.54, 1.807) is 0 Å². The van der Waals surface area contributed by atoms with Gasteiger partial charge in [0.15, 0.2) is 6.23 Å². The molecule has 0 radical (unpaired) electrons. The average molecular weight is 244 g/mol. The number of hydrogen-bond acceptors (Lipinski definition) is 8. The third kappa shape index (κ3) is 2.03. The Labute approximate surface area is 100 Å². The van der Waals surface area contributed by atoms with E-state index in [2.05, 4.69) is 16.6 Å². The van der Waals surface area contributed by atoms with E-state index >= 15 is 0 Å². The highest BCUT2D eigenvalue weighted by Gasteiger charge is 2.45. The molecule has 0 amide bonds. The Morgan fingerprint density at radius 2 is 2.41 bits per heavy atom. The Hall–Kier alpha value is -1.48. The van der Waals surface area contributed by atoms with Crippen molar-refractivity contribution in [3.63, 3.8) is 0 Å². The predicted molar refractivity (Wildman–Crippen MR) is 58.9 cm³/mol. The molecule has 2 aliphatic rings. The van der Waals surface area contributed by atoms with E-state index < -0.39 is 37.4 Å². The van der Waals surface area contributed by atoms with Gasteiger partial charge >= 0.3 is 0 Å². The van der Waals surface area contributed by atoms with Crippen LogP contribution in [0.3, 0.4) is 0 Å². The lowest BCUT2D eigenvalue weighted by atomic mass is 10.1. The van der Waals surface area contributed by atoms with Gasteiger partial charge in [0.1, 0.15) is 31.8 Å². The monoisotopic (exact) mass is 244 g/mol. The number of hydrogen-bond donors (Lipinski definition) is 4. The molecule has 0 saturated carbocycles. The molecule has 1 unspecified atom stereocenters. The maximum absolute atomic E-state index is 9.96. The molecule has 0 aromatic carbocycles. The summed E-state index contributed by atoms with van der Waals surface area (Å²) in [6, 6.07) is 0. The molecule has 2 rings (SSSR count). The van der Waals surface area contributed by atoms with Crippen LogP contribution in [0.4, 0.5) is 0 Å². The van der Waals surface area contributed by atoms with Crippen LogP contribution in [-0.2, 0) is 4.74 Å². The van der Waals surface area contributed by atoms with Gasteiger partial charge in [0.2, 0.25) is 5.96 Å². The van der Waals surface area contributed by atoms with Gasteiger partial charge in [0, 0.05) is 0 Å². The maximum atomic E-state index is 9.96. The fourth-order valence-corrected chi connectivity index (χ4v) is 1.54. The van der Waals surface area contributed by atoms with Crippen molar-refractivity contribution in [2.24, 2.45) is 15.7 Å². The molecule has 8 nitrogen and oxygen atoms in total. The Morgan fingerprint density at radius 1 is 1.71 bits per heavy atom. The number of aliphatic imine (C=N–C) groups is 2. The van der Waals surface area contributed by atoms with Gasteiger partial charge in [-0.25, -0.2) is 4.99 Å². The summed E-state index contributed by atoms with van der Waals surface area (Å²) in [5.41, 5.74) is 5.34. The molecule has 0 spiro atoms. The van der Waals surface area contributed by atoms with Crippen LogP contribution in [0.25, 0.3) is 0 Å². The molecule has 8 heteroatoms. The van der Waals surface area contributed by atoms with E-state index in [0.717, 1.165) is 4.90 Å². The van der Waals surface area contributed by atoms with Crippen LogP contribution in [0.2, 0.25) is 0 Å². The van der Waals surface area contributed by atoms with Gasteiger partial charge in [0.05, 0.1) is 7.98 Å². The topological polar surface area (TPSA) is 124 Å². The van der Waals surface area contributed by atoms with Gasteiger partial charge in [-0.1, -0.05) is 6.58 Å². The zero-order valence-corrected chi connectivity index (χ0v) is 8.82. The molecule has 1 fully saturated rings. The largest absolute Gasteiger partial charge is 0.394 e. The third-order valence-electron chi connectivity index (χ3n) is 2.42. The quantitative estimate of drug-likeness (QED) is 0.427. The summed E-state index contributed by atoms with van der Waals surface area (Å²) in [7, 11) is 0. The summed E-state index contributed by atoms with van der Waals surface area (Å²) in [5.74, 6) is -0.240. The SMILES string of the molecule is [2H]C1=NC(N)=NC(=C)N1[C@@H]1O[C@H](CO)C(O)[C@]1([2H])O. The lowest BCUT2D eigenvalue weighted by Gasteiger charge is -2.29. The Bertz CT molecular complexity index is 467. The number of rotatable bonds is 2. The van der Waals surface area contributed by atoms with Gasteiger partial charge in [-0.3, -0.25) is 4.90 Å². The number of aliphatic hydroxyl groups is 3. The lowest BCUT2D eigenvalue weighted by Crippen LogP contribution is -2.44. The van der Waals surface area contributed by atoms with Crippen molar-refractivity contribution >= 4 is 12.3 Å². The van der Waals surface area contributed by atoms with E-state index in [1.807, 2.05) is 0 Å². The van der Waals surface area contributed by atoms with Crippen LogP contribution in [0.5, 0.6) is 0 Å². The van der Waals surface area contributed by atoms with Crippen LogP contribution >= 0.6 is 0 Å². The summed E-state index contributed by atoms with van der Waals surface area (Å²) in [6.07, 6.45) is -7.18. The standard InChI is InChI=1S/C9H14N4O4/c1-4-12-9(10)11-3-13(4)8-7(16)6(15)5(2-14)17-8/h3,5-8,14-16H,1-2H2,(H2,10,12)/t5-,6?,7+,8-/m1/s1/i3D,7D. The molecule has 94 valence electrons. The van der Waals surface area contributed by atoms with Crippen molar-refractivity contribution in [3.05, 3.63) is 12.4 Å². The summed E-state index contributed by atoms with van der Waals surface area (Å²) in [5, 5.41) is 28.7. The first-order chi connectivity index (χ1) is 8.78. The predicted octanol–water partition coefficient (Wildman–Crippen LogP) is -2.44. The number of guanidine groups is 1. The van der Waals surface area contributed by atoms with E-state index in [4.69, 9.17) is 18.3 Å². The van der Waals surface area contributed by atoms with Crippen molar-refractivity contribution in [1.82, 2.24) is 4.90 Å². The fourth-order valence-electron chi connectivity index (χ4n) is 1.54. The van der Waals surface area contributed by atoms with Crippen molar-refractivity contribution in [1.29, 1.82) is 0 Å². The van der Waals surface area contributed by atoms with Crippen LogP contribution in [0.1, 0.15) is 2.74 Å². The van der Waals surface area contributed by atoms with Gasteiger partial charge < -0.3 is 25.8 Å². The molecule has 2 aliphatic heterocycles. The minimum absolute atomic E-state index is 0.0565. The van der Waals surface area contributed by atoms with Crippen molar-refractivity contribution in [3.8, 4) is 0 Å². The van der Waals surface area contributed by atoms with Gasteiger partial charge in [-0.05, 0) is 0 Å². The highest BCUT2D eigenvalue weighted by Crippen LogP contribution is 2.26. The van der Waals surface area contributed by atoms with Crippen molar-refractivity contribution in [2.75, 3.05) is 6.61 Å². The molecule has 0 aliphatic carbocycles. The fraction of sp³-hybridized carbons (Fsp3) is 0.556. The van der Waals surface area contributed by atoms with Crippen LogP contribution in [0, 0.1) is 0 Å². The Kier molecular flexibility index (Phi) is 2.48. The molecular formula is C9H14N4O4. The summed E-state index contributed by atoms with van der Waals surface area (Å²) in [4.78, 5) is 8.18. The first-order valence-corrected chi connectivity index (χ1v) is 4.83. The van der Waals surface area contributed by atoms with Crippen LogP contribution < -0.4 is 5.73 Å². The van der Waals surface area contributed by atoms with Gasteiger partial charge in [-0.2, -0.15) is 4.99 Å². The van der Waals surface area contributed by atoms with E-state index in [1.165, 1.54) is 0 Å². The minimum atomic E-state index is -2.47. The van der Waals surface area contributed by atoms with Gasteiger partial charge in [0.25, 0.3) is 0 Å². The summed E-state index contributed by atoms with van der Waals surface area (Å²) >= 11 is 0. The lowest BCUT2D eigenvalue weighted by molar-refractivity contribution is -0.0607. The molecule has 0 aromatic rings. The van der Waals surface area contributed by atoms with Crippen LogP contribution in [0.15, 0.2) is 22.4 Å². The molecule has 0 aromatic heterocycles. The van der Waals surface area contributed by atoms with Gasteiger partial charge in [-0.15, -0.1) is 0 Å². The number of amidine groups is 1. The first-order valence-electron chi connectivity index (χ1n) is 5.83. The van der Waals surface area contributed by atoms with Crippen molar-refractivity contribution in [2.45, 2.75) is 24.5 Å². The second-order valence-corrected chi connectivity index (χ2v) is 3.55. The number of nitrogens with two attached hydrogens (primary N) is 1. The summed E-state index contributed by atoms with van der Waals surface area (Å²) < 4.78 is 20.5. The molecule has 5 N–H and O–H groups in total. The minimum Gasteiger partial charge on any atom is -0.394 e. The third-order valence-corrected chi connectivity index (χ3v) is 2.42. The van der Waals surface area contributed by atoms with E-state index in [0.29, 0.717) is 0 Å². The Balaban J connectivity index is 2.33. The molecule has 0 bridgehead atoms. The smallest absolute Gasteiger partial charge is 0.223 e. The highest BCUT2D eigenvalue weighted by atomic mass is 16.6. The normalized spacial score (nSPS) is 44.1. The number of aliphatic hydroxyl groups excluding tert-OH is 2. The van der Waals surface area contributed by atoms with Crippen LogP contribution in [-0.4, -0.2) is 63.6 Å². The first kappa shape index (κ1) is 9.54. The summed E-state index contributed by atoms with van der Waals surface area (Å²) in [6.45, 7) is 2.93.